The first kappa shape index (κ1) is 20.6. The topological polar surface area (TPSA) is 76.9 Å². The van der Waals surface area contributed by atoms with Gasteiger partial charge in [0.1, 0.15) is 5.69 Å². The molecule has 6 nitrogen and oxygen atoms in total. The molecule has 0 bridgehead atoms. The Morgan fingerprint density at radius 3 is 2.32 bits per heavy atom. The van der Waals surface area contributed by atoms with Crippen LogP contribution in [0.1, 0.15) is 5.56 Å². The number of para-hydroxylation sites is 1. The van der Waals surface area contributed by atoms with Crippen LogP contribution >= 0.6 is 0 Å². The zero-order valence-corrected chi connectivity index (χ0v) is 16.6. The molecule has 0 atom stereocenters. The van der Waals surface area contributed by atoms with Crippen LogP contribution < -0.4 is 4.72 Å². The first-order valence-corrected chi connectivity index (χ1v) is 10.5. The third-order valence-corrected chi connectivity index (χ3v) is 5.80. The van der Waals surface area contributed by atoms with Gasteiger partial charge in [-0.25, -0.2) is 13.1 Å². The maximum atomic E-state index is 13.2. The van der Waals surface area contributed by atoms with E-state index in [0.29, 0.717) is 11.4 Å². The smallest absolute Gasteiger partial charge is 0.279 e. The zero-order valence-electron chi connectivity index (χ0n) is 15.8. The Hall–Kier alpha value is -3.66. The quantitative estimate of drug-likeness (QED) is 0.482. The van der Waals surface area contributed by atoms with Gasteiger partial charge in [0.15, 0.2) is 0 Å². The van der Waals surface area contributed by atoms with Crippen molar-refractivity contribution in [3.8, 4) is 16.9 Å². The molecule has 0 amide bonds. The average Bonchev–Trinajstić information content (AvgIpc) is 3.24. The van der Waals surface area contributed by atoms with Crippen LogP contribution in [0.4, 0.5) is 18.9 Å². The van der Waals surface area contributed by atoms with Crippen LogP contribution in [0.2, 0.25) is 0 Å². The number of alkyl halides is 3. The second-order valence-corrected chi connectivity index (χ2v) is 8.24. The maximum Gasteiger partial charge on any atom is 0.418 e. The molecule has 0 spiro atoms. The van der Waals surface area contributed by atoms with E-state index in [1.165, 1.54) is 35.0 Å². The van der Waals surface area contributed by atoms with E-state index < -0.39 is 27.5 Å². The number of nitrogens with one attached hydrogen (secondary N) is 1. The lowest BCUT2D eigenvalue weighted by atomic mass is 10.2. The largest absolute Gasteiger partial charge is 0.418 e. The molecule has 3 aromatic carbocycles. The van der Waals surface area contributed by atoms with Crippen molar-refractivity contribution < 1.29 is 21.6 Å². The number of aromatic nitrogens is 3. The Morgan fingerprint density at radius 2 is 1.58 bits per heavy atom. The molecule has 31 heavy (non-hydrogen) atoms. The van der Waals surface area contributed by atoms with E-state index in [9.17, 15) is 21.6 Å². The predicted molar refractivity (Wildman–Crippen MR) is 109 cm³/mol. The van der Waals surface area contributed by atoms with E-state index >= 15 is 0 Å². The molecular weight excluding hydrogens is 429 g/mol. The van der Waals surface area contributed by atoms with Crippen LogP contribution in [0.3, 0.4) is 0 Å². The number of hydrogen-bond donors (Lipinski definition) is 1. The van der Waals surface area contributed by atoms with Crippen LogP contribution in [0.15, 0.2) is 90.0 Å². The molecule has 0 fully saturated rings. The zero-order chi connectivity index (χ0) is 22.1. The fourth-order valence-electron chi connectivity index (χ4n) is 2.95. The fourth-order valence-corrected chi connectivity index (χ4v) is 4.07. The van der Waals surface area contributed by atoms with Gasteiger partial charge in [-0.15, -0.1) is 5.10 Å². The molecule has 1 aromatic heterocycles. The Balaban J connectivity index is 1.65. The Bertz CT molecular complexity index is 1320. The van der Waals surface area contributed by atoms with Gasteiger partial charge in [0, 0.05) is 5.56 Å². The monoisotopic (exact) mass is 444 g/mol. The second-order valence-electron chi connectivity index (χ2n) is 6.56. The summed E-state index contributed by atoms with van der Waals surface area (Å²) in [6.45, 7) is 0. The van der Waals surface area contributed by atoms with Gasteiger partial charge < -0.3 is 0 Å². The molecule has 1 N–H and O–H groups in total. The van der Waals surface area contributed by atoms with Gasteiger partial charge in [0.05, 0.1) is 28.0 Å². The highest BCUT2D eigenvalue weighted by Gasteiger charge is 2.34. The van der Waals surface area contributed by atoms with Gasteiger partial charge in [-0.3, -0.25) is 4.72 Å². The molecule has 0 saturated carbocycles. The SMILES string of the molecule is O=S(=O)(Nc1ccccc1C(F)(F)F)c1cccc(-n2cc(-c3ccccc3)nn2)c1. The van der Waals surface area contributed by atoms with Gasteiger partial charge >= 0.3 is 6.18 Å². The summed E-state index contributed by atoms with van der Waals surface area (Å²) < 4.78 is 68.6. The highest BCUT2D eigenvalue weighted by molar-refractivity contribution is 7.92. The number of halogens is 3. The molecular formula is C21H15F3N4O2S. The molecule has 4 aromatic rings. The molecule has 158 valence electrons. The van der Waals surface area contributed by atoms with E-state index in [-0.39, 0.29) is 4.90 Å². The van der Waals surface area contributed by atoms with Gasteiger partial charge in [-0.2, -0.15) is 13.2 Å². The average molecular weight is 444 g/mol. The number of sulfonamides is 1. The van der Waals surface area contributed by atoms with E-state index in [1.807, 2.05) is 35.1 Å². The standard InChI is InChI=1S/C21H15F3N4O2S/c22-21(23,24)18-11-4-5-12-19(18)26-31(29,30)17-10-6-9-16(13-17)28-14-20(25-27-28)15-7-2-1-3-8-15/h1-14,26H. The van der Waals surface area contributed by atoms with E-state index in [2.05, 4.69) is 10.3 Å². The first-order chi connectivity index (χ1) is 14.7. The van der Waals surface area contributed by atoms with Crippen molar-refractivity contribution in [2.24, 2.45) is 0 Å². The van der Waals surface area contributed by atoms with Crippen molar-refractivity contribution in [1.29, 1.82) is 0 Å². The fraction of sp³-hybridized carbons (Fsp3) is 0.0476. The van der Waals surface area contributed by atoms with Crippen LogP contribution in [-0.2, 0) is 16.2 Å². The molecule has 0 unspecified atom stereocenters. The highest BCUT2D eigenvalue weighted by Crippen LogP contribution is 2.35. The number of anilines is 1. The third-order valence-electron chi connectivity index (χ3n) is 4.43. The lowest BCUT2D eigenvalue weighted by Crippen LogP contribution is -2.17. The molecule has 4 rings (SSSR count). The summed E-state index contributed by atoms with van der Waals surface area (Å²) in [5.74, 6) is 0. The van der Waals surface area contributed by atoms with E-state index in [1.54, 1.807) is 12.3 Å². The molecule has 0 aliphatic rings. The lowest BCUT2D eigenvalue weighted by Gasteiger charge is -2.15. The third kappa shape index (κ3) is 4.43. The number of hydrogen-bond acceptors (Lipinski definition) is 4. The van der Waals surface area contributed by atoms with Gasteiger partial charge in [-0.1, -0.05) is 53.7 Å². The Labute approximate surface area is 176 Å². The number of benzene rings is 3. The van der Waals surface area contributed by atoms with E-state index in [4.69, 9.17) is 0 Å². The van der Waals surface area contributed by atoms with Crippen molar-refractivity contribution in [1.82, 2.24) is 15.0 Å². The van der Waals surface area contributed by atoms with Crippen LogP contribution in [0.5, 0.6) is 0 Å². The molecule has 10 heteroatoms. The first-order valence-electron chi connectivity index (χ1n) is 9.01. The molecule has 0 aliphatic heterocycles. The summed E-state index contributed by atoms with van der Waals surface area (Å²) in [7, 11) is -4.28. The molecule has 0 saturated heterocycles. The summed E-state index contributed by atoms with van der Waals surface area (Å²) in [5, 5.41) is 8.10. The van der Waals surface area contributed by atoms with E-state index in [0.717, 1.165) is 17.7 Å². The molecule has 1 heterocycles. The van der Waals surface area contributed by atoms with Crippen molar-refractivity contribution in [3.63, 3.8) is 0 Å². The Kier molecular flexibility index (Phi) is 5.24. The highest BCUT2D eigenvalue weighted by atomic mass is 32.2. The summed E-state index contributed by atoms with van der Waals surface area (Å²) in [6, 6.07) is 19.4. The van der Waals surface area contributed by atoms with Crippen molar-refractivity contribution in [2.45, 2.75) is 11.1 Å². The van der Waals surface area contributed by atoms with Crippen LogP contribution in [-0.4, -0.2) is 23.4 Å². The minimum atomic E-state index is -4.70. The summed E-state index contributed by atoms with van der Waals surface area (Å²) >= 11 is 0. The minimum absolute atomic E-state index is 0.210. The number of nitrogens with zero attached hydrogens (tertiary/aromatic N) is 3. The van der Waals surface area contributed by atoms with Crippen molar-refractivity contribution >= 4 is 15.7 Å². The predicted octanol–water partition coefficient (Wildman–Crippen LogP) is 4.75. The summed E-state index contributed by atoms with van der Waals surface area (Å²) in [4.78, 5) is -0.210. The summed E-state index contributed by atoms with van der Waals surface area (Å²) in [5.41, 5.74) is 0.196. The summed E-state index contributed by atoms with van der Waals surface area (Å²) in [6.07, 6.45) is -3.07. The van der Waals surface area contributed by atoms with Gasteiger partial charge in [0.25, 0.3) is 10.0 Å². The Morgan fingerprint density at radius 1 is 0.871 bits per heavy atom. The maximum absolute atomic E-state index is 13.2. The number of rotatable bonds is 5. The van der Waals surface area contributed by atoms with Crippen molar-refractivity contribution in [3.05, 3.63) is 90.6 Å². The van der Waals surface area contributed by atoms with Gasteiger partial charge in [-0.05, 0) is 30.3 Å². The second kappa shape index (κ2) is 7.88. The minimum Gasteiger partial charge on any atom is -0.279 e. The normalized spacial score (nSPS) is 12.0. The molecule has 0 radical (unpaired) electrons. The van der Waals surface area contributed by atoms with Crippen LogP contribution in [0.25, 0.3) is 16.9 Å². The van der Waals surface area contributed by atoms with Crippen molar-refractivity contribution in [2.75, 3.05) is 4.72 Å². The van der Waals surface area contributed by atoms with Crippen LogP contribution in [0, 0.1) is 0 Å². The lowest BCUT2D eigenvalue weighted by molar-refractivity contribution is -0.136. The molecule has 0 aliphatic carbocycles. The van der Waals surface area contributed by atoms with Gasteiger partial charge in [0.2, 0.25) is 0 Å².